The number of anilines is 1. The first-order valence-corrected chi connectivity index (χ1v) is 8.58. The smallest absolute Gasteiger partial charge is 0.255 e. The molecule has 0 fully saturated rings. The maximum absolute atomic E-state index is 12.5. The summed E-state index contributed by atoms with van der Waals surface area (Å²) in [5, 5.41) is 7.21. The SMILES string of the molecule is O=C(Nc1cnn(CCc2ccccc2)c1)C1=Cc2ccccc2OC1. The Kier molecular flexibility index (Phi) is 4.51. The second-order valence-corrected chi connectivity index (χ2v) is 6.18. The zero-order valence-electron chi connectivity index (χ0n) is 14.3. The number of benzene rings is 2. The summed E-state index contributed by atoms with van der Waals surface area (Å²) in [6.07, 6.45) is 6.28. The van der Waals surface area contributed by atoms with Crippen LogP contribution in [0.3, 0.4) is 0 Å². The van der Waals surface area contributed by atoms with Gasteiger partial charge in [-0.15, -0.1) is 0 Å². The van der Waals surface area contributed by atoms with E-state index in [-0.39, 0.29) is 12.5 Å². The minimum absolute atomic E-state index is 0.165. The molecule has 3 aromatic rings. The number of rotatable bonds is 5. The molecule has 0 unspecified atom stereocenters. The Bertz CT molecular complexity index is 945. The Morgan fingerprint density at radius 2 is 1.92 bits per heavy atom. The Hall–Kier alpha value is -3.34. The van der Waals surface area contributed by atoms with Gasteiger partial charge in [-0.1, -0.05) is 48.5 Å². The Morgan fingerprint density at radius 3 is 2.81 bits per heavy atom. The van der Waals surface area contributed by atoms with Crippen LogP contribution in [0, 0.1) is 0 Å². The summed E-state index contributed by atoms with van der Waals surface area (Å²) in [4.78, 5) is 12.5. The Morgan fingerprint density at radius 1 is 1.12 bits per heavy atom. The maximum Gasteiger partial charge on any atom is 0.255 e. The van der Waals surface area contributed by atoms with E-state index in [1.165, 1.54) is 5.56 Å². The standard InChI is InChI=1S/C21H19N3O2/c25-21(18-12-17-8-4-5-9-20(17)26-15-18)23-19-13-22-24(14-19)11-10-16-6-2-1-3-7-16/h1-9,12-14H,10-11,15H2,(H,23,25). The highest BCUT2D eigenvalue weighted by molar-refractivity contribution is 6.07. The van der Waals surface area contributed by atoms with Gasteiger partial charge in [-0.25, -0.2) is 0 Å². The molecule has 0 aliphatic carbocycles. The summed E-state index contributed by atoms with van der Waals surface area (Å²) in [6, 6.07) is 17.9. The van der Waals surface area contributed by atoms with Gasteiger partial charge in [0.15, 0.2) is 0 Å². The minimum Gasteiger partial charge on any atom is -0.488 e. The van der Waals surface area contributed by atoms with Crippen molar-refractivity contribution in [2.24, 2.45) is 0 Å². The number of nitrogens with one attached hydrogen (secondary N) is 1. The van der Waals surface area contributed by atoms with E-state index >= 15 is 0 Å². The van der Waals surface area contributed by atoms with Crippen molar-refractivity contribution < 1.29 is 9.53 Å². The zero-order valence-corrected chi connectivity index (χ0v) is 14.3. The summed E-state index contributed by atoms with van der Waals surface area (Å²) in [6.45, 7) is 1.03. The lowest BCUT2D eigenvalue weighted by Gasteiger charge is -2.17. The average molecular weight is 345 g/mol. The quantitative estimate of drug-likeness (QED) is 0.769. The lowest BCUT2D eigenvalue weighted by molar-refractivity contribution is -0.113. The third-order valence-electron chi connectivity index (χ3n) is 4.29. The number of carbonyl (C=O) groups excluding carboxylic acids is 1. The first-order valence-electron chi connectivity index (χ1n) is 8.58. The van der Waals surface area contributed by atoms with Crippen molar-refractivity contribution in [2.45, 2.75) is 13.0 Å². The molecule has 1 aliphatic heterocycles. The highest BCUT2D eigenvalue weighted by Gasteiger charge is 2.17. The van der Waals surface area contributed by atoms with Gasteiger partial charge < -0.3 is 10.1 Å². The number of para-hydroxylation sites is 1. The topological polar surface area (TPSA) is 56.2 Å². The van der Waals surface area contributed by atoms with Crippen molar-refractivity contribution in [3.05, 3.63) is 83.7 Å². The molecule has 1 aromatic heterocycles. The maximum atomic E-state index is 12.5. The van der Waals surface area contributed by atoms with Crippen LogP contribution in [0.5, 0.6) is 5.75 Å². The number of amides is 1. The summed E-state index contributed by atoms with van der Waals surface area (Å²) >= 11 is 0. The highest BCUT2D eigenvalue weighted by atomic mass is 16.5. The number of ether oxygens (including phenoxy) is 1. The number of aromatic nitrogens is 2. The van der Waals surface area contributed by atoms with Crippen LogP contribution >= 0.6 is 0 Å². The fraction of sp³-hybridized carbons (Fsp3) is 0.143. The van der Waals surface area contributed by atoms with E-state index in [2.05, 4.69) is 22.5 Å². The van der Waals surface area contributed by atoms with Crippen LogP contribution in [-0.4, -0.2) is 22.3 Å². The van der Waals surface area contributed by atoms with Gasteiger partial charge in [0, 0.05) is 18.3 Å². The summed E-state index contributed by atoms with van der Waals surface area (Å²) in [5.74, 6) is 0.639. The van der Waals surface area contributed by atoms with E-state index in [9.17, 15) is 4.79 Å². The molecule has 1 aliphatic rings. The van der Waals surface area contributed by atoms with Crippen molar-refractivity contribution in [3.63, 3.8) is 0 Å². The molecule has 0 radical (unpaired) electrons. The van der Waals surface area contributed by atoms with Gasteiger partial charge >= 0.3 is 0 Å². The van der Waals surface area contributed by atoms with Gasteiger partial charge in [0.25, 0.3) is 5.91 Å². The predicted molar refractivity (Wildman–Crippen MR) is 101 cm³/mol. The number of nitrogens with zero attached hydrogens (tertiary/aromatic N) is 2. The molecule has 0 spiro atoms. The van der Waals surface area contributed by atoms with Crippen molar-refractivity contribution in [1.82, 2.24) is 9.78 Å². The fourth-order valence-corrected chi connectivity index (χ4v) is 2.90. The minimum atomic E-state index is -0.165. The molecule has 0 saturated heterocycles. The second kappa shape index (κ2) is 7.27. The van der Waals surface area contributed by atoms with Crippen LogP contribution in [0.4, 0.5) is 5.69 Å². The molecule has 4 rings (SSSR count). The molecular weight excluding hydrogens is 326 g/mol. The van der Waals surface area contributed by atoms with Crippen LogP contribution in [0.15, 0.2) is 72.6 Å². The van der Waals surface area contributed by atoms with Crippen LogP contribution in [0.1, 0.15) is 11.1 Å². The molecule has 0 bridgehead atoms. The lowest BCUT2D eigenvalue weighted by atomic mass is 10.1. The van der Waals surface area contributed by atoms with E-state index in [0.717, 1.165) is 24.3 Å². The molecular formula is C21H19N3O2. The van der Waals surface area contributed by atoms with Gasteiger partial charge in [-0.2, -0.15) is 5.10 Å². The van der Waals surface area contributed by atoms with Crippen molar-refractivity contribution in [2.75, 3.05) is 11.9 Å². The van der Waals surface area contributed by atoms with Crippen LogP contribution in [0.2, 0.25) is 0 Å². The molecule has 1 amide bonds. The summed E-state index contributed by atoms with van der Waals surface area (Å²) < 4.78 is 7.47. The number of fused-ring (bicyclic) bond motifs is 1. The van der Waals surface area contributed by atoms with Crippen molar-refractivity contribution in [1.29, 1.82) is 0 Å². The molecule has 5 heteroatoms. The molecule has 1 N–H and O–H groups in total. The van der Waals surface area contributed by atoms with Crippen molar-refractivity contribution in [3.8, 4) is 5.75 Å². The fourth-order valence-electron chi connectivity index (χ4n) is 2.90. The second-order valence-electron chi connectivity index (χ2n) is 6.18. The summed E-state index contributed by atoms with van der Waals surface area (Å²) in [5.41, 5.74) is 3.46. The van der Waals surface area contributed by atoms with Gasteiger partial charge in [0.05, 0.1) is 17.5 Å². The summed E-state index contributed by atoms with van der Waals surface area (Å²) in [7, 11) is 0. The van der Waals surface area contributed by atoms with Gasteiger partial charge in [-0.3, -0.25) is 9.48 Å². The van der Waals surface area contributed by atoms with Crippen molar-refractivity contribution >= 4 is 17.7 Å². The van der Waals surface area contributed by atoms with Gasteiger partial charge in [0.2, 0.25) is 0 Å². The zero-order chi connectivity index (χ0) is 17.8. The van der Waals surface area contributed by atoms with E-state index in [0.29, 0.717) is 11.3 Å². The lowest BCUT2D eigenvalue weighted by Crippen LogP contribution is -2.21. The Balaban J connectivity index is 1.38. The molecule has 0 atom stereocenters. The van der Waals surface area contributed by atoms with E-state index in [1.807, 2.05) is 59.4 Å². The first-order chi connectivity index (χ1) is 12.8. The third kappa shape index (κ3) is 3.67. The van der Waals surface area contributed by atoms with Crippen LogP contribution < -0.4 is 10.1 Å². The molecule has 5 nitrogen and oxygen atoms in total. The molecule has 130 valence electrons. The van der Waals surface area contributed by atoms with Crippen LogP contribution in [-0.2, 0) is 17.8 Å². The first kappa shape index (κ1) is 16.1. The van der Waals surface area contributed by atoms with Gasteiger partial charge in [0.1, 0.15) is 12.4 Å². The third-order valence-corrected chi connectivity index (χ3v) is 4.29. The molecule has 0 saturated carbocycles. The molecule has 26 heavy (non-hydrogen) atoms. The van der Waals surface area contributed by atoms with E-state index in [4.69, 9.17) is 4.74 Å². The average Bonchev–Trinajstić information content (AvgIpc) is 3.14. The number of carbonyl (C=O) groups is 1. The molecule has 2 aromatic carbocycles. The van der Waals surface area contributed by atoms with Crippen LogP contribution in [0.25, 0.3) is 6.08 Å². The number of aryl methyl sites for hydroxylation is 2. The largest absolute Gasteiger partial charge is 0.488 e. The van der Waals surface area contributed by atoms with E-state index in [1.54, 1.807) is 6.20 Å². The Labute approximate surface area is 151 Å². The number of hydrogen-bond acceptors (Lipinski definition) is 3. The molecule has 2 heterocycles. The number of hydrogen-bond donors (Lipinski definition) is 1. The van der Waals surface area contributed by atoms with Gasteiger partial charge in [-0.05, 0) is 24.1 Å². The monoisotopic (exact) mass is 345 g/mol. The highest BCUT2D eigenvalue weighted by Crippen LogP contribution is 2.26. The van der Waals surface area contributed by atoms with E-state index < -0.39 is 0 Å². The predicted octanol–water partition coefficient (Wildman–Crippen LogP) is 3.54. The normalized spacial score (nSPS) is 12.7.